The maximum Gasteiger partial charge on any atom is 0.231 e. The Morgan fingerprint density at radius 3 is 2.50 bits per heavy atom. The zero-order chi connectivity index (χ0) is 18.7. The van der Waals surface area contributed by atoms with Gasteiger partial charge in [-0.3, -0.25) is 4.79 Å². The molecule has 0 spiro atoms. The summed E-state index contributed by atoms with van der Waals surface area (Å²) < 4.78 is 26.5. The Hall–Kier alpha value is -3.35. The Bertz CT molecular complexity index is 871. The number of methoxy groups -OCH3 is 3. The van der Waals surface area contributed by atoms with Crippen molar-refractivity contribution in [3.05, 3.63) is 41.5 Å². The van der Waals surface area contributed by atoms with Crippen LogP contribution >= 0.6 is 0 Å². The highest BCUT2D eigenvalue weighted by molar-refractivity contribution is 6.07. The molecule has 0 bridgehead atoms. The first-order valence-corrected chi connectivity index (χ1v) is 7.73. The molecule has 0 amide bonds. The fourth-order valence-corrected chi connectivity index (χ4v) is 2.64. The van der Waals surface area contributed by atoms with Crippen molar-refractivity contribution in [2.24, 2.45) is 0 Å². The molecule has 0 saturated carbocycles. The van der Waals surface area contributed by atoms with Crippen LogP contribution < -0.4 is 23.7 Å². The monoisotopic (exact) mass is 358 g/mol. The summed E-state index contributed by atoms with van der Waals surface area (Å²) >= 11 is 0. The number of carbonyl (C=O) groups is 1. The third-order valence-electron chi connectivity index (χ3n) is 3.89. The van der Waals surface area contributed by atoms with Crippen LogP contribution in [0.3, 0.4) is 0 Å². The van der Waals surface area contributed by atoms with Gasteiger partial charge in [0.25, 0.3) is 0 Å². The molecule has 1 aliphatic heterocycles. The molecule has 26 heavy (non-hydrogen) atoms. The highest BCUT2D eigenvalue weighted by Crippen LogP contribution is 2.49. The summed E-state index contributed by atoms with van der Waals surface area (Å²) in [5.74, 6) is 1.71. The van der Waals surface area contributed by atoms with E-state index in [9.17, 15) is 9.90 Å². The number of allylic oxidation sites excluding steroid dienone is 1. The lowest BCUT2D eigenvalue weighted by atomic mass is 10.1. The number of benzene rings is 2. The van der Waals surface area contributed by atoms with Gasteiger partial charge in [0.05, 0.1) is 21.3 Å². The highest BCUT2D eigenvalue weighted by Gasteiger charge is 2.25. The third-order valence-corrected chi connectivity index (χ3v) is 3.89. The number of fused-ring (bicyclic) bond motifs is 1. The van der Waals surface area contributed by atoms with E-state index >= 15 is 0 Å². The quantitative estimate of drug-likeness (QED) is 0.628. The molecule has 0 radical (unpaired) electrons. The lowest BCUT2D eigenvalue weighted by Crippen LogP contribution is -1.97. The number of aromatic hydroxyl groups is 1. The van der Waals surface area contributed by atoms with E-state index in [-0.39, 0.29) is 18.3 Å². The normalized spacial score (nSPS) is 12.3. The summed E-state index contributed by atoms with van der Waals surface area (Å²) in [4.78, 5) is 12.4. The molecule has 0 fully saturated rings. The van der Waals surface area contributed by atoms with Gasteiger partial charge in [-0.25, -0.2) is 0 Å². The Labute approximate surface area is 150 Å². The molecule has 0 aromatic heterocycles. The van der Waals surface area contributed by atoms with Crippen LogP contribution in [0.4, 0.5) is 0 Å². The van der Waals surface area contributed by atoms with Crippen LogP contribution in [-0.2, 0) is 0 Å². The number of phenols is 1. The zero-order valence-electron chi connectivity index (χ0n) is 14.6. The topological polar surface area (TPSA) is 83.5 Å². The second-order valence-electron chi connectivity index (χ2n) is 5.35. The number of rotatable bonds is 6. The number of ketones is 1. The van der Waals surface area contributed by atoms with E-state index in [2.05, 4.69) is 0 Å². The zero-order valence-corrected chi connectivity index (χ0v) is 14.6. The molecule has 7 nitrogen and oxygen atoms in total. The van der Waals surface area contributed by atoms with Gasteiger partial charge in [0.15, 0.2) is 28.8 Å². The Morgan fingerprint density at radius 2 is 1.85 bits per heavy atom. The molecule has 7 heteroatoms. The molecule has 0 aliphatic carbocycles. The van der Waals surface area contributed by atoms with Gasteiger partial charge >= 0.3 is 0 Å². The van der Waals surface area contributed by atoms with E-state index in [0.29, 0.717) is 39.9 Å². The van der Waals surface area contributed by atoms with Crippen LogP contribution in [0.25, 0.3) is 6.08 Å². The summed E-state index contributed by atoms with van der Waals surface area (Å²) in [6.45, 7) is 0.0894. The summed E-state index contributed by atoms with van der Waals surface area (Å²) in [6.07, 6.45) is 2.97. The predicted octanol–water partition coefficient (Wildman–Crippen LogP) is 3.04. The molecule has 2 aromatic rings. The molecular formula is C19H18O7. The van der Waals surface area contributed by atoms with E-state index in [1.165, 1.54) is 39.5 Å². The predicted molar refractivity (Wildman–Crippen MR) is 93.7 cm³/mol. The largest absolute Gasteiger partial charge is 0.504 e. The van der Waals surface area contributed by atoms with Gasteiger partial charge in [-0.2, -0.15) is 0 Å². The van der Waals surface area contributed by atoms with Crippen LogP contribution in [0, 0.1) is 0 Å². The minimum atomic E-state index is -0.290. The third kappa shape index (κ3) is 3.11. The maximum absolute atomic E-state index is 12.4. The van der Waals surface area contributed by atoms with E-state index in [4.69, 9.17) is 23.7 Å². The first kappa shape index (κ1) is 17.5. The van der Waals surface area contributed by atoms with Crippen molar-refractivity contribution in [3.8, 4) is 34.5 Å². The van der Waals surface area contributed by atoms with Crippen molar-refractivity contribution >= 4 is 11.9 Å². The molecule has 136 valence electrons. The first-order valence-electron chi connectivity index (χ1n) is 7.73. The molecule has 0 atom stereocenters. The lowest BCUT2D eigenvalue weighted by Gasteiger charge is -2.12. The number of hydrogen-bond acceptors (Lipinski definition) is 7. The summed E-state index contributed by atoms with van der Waals surface area (Å²) in [7, 11) is 4.44. The van der Waals surface area contributed by atoms with Crippen molar-refractivity contribution in [1.82, 2.24) is 0 Å². The average molecular weight is 358 g/mol. The Kier molecular flexibility index (Phi) is 4.88. The minimum Gasteiger partial charge on any atom is -0.504 e. The Morgan fingerprint density at radius 1 is 1.08 bits per heavy atom. The summed E-state index contributed by atoms with van der Waals surface area (Å²) in [5, 5.41) is 9.81. The fraction of sp³-hybridized carbons (Fsp3) is 0.211. The van der Waals surface area contributed by atoms with E-state index in [1.54, 1.807) is 18.2 Å². The number of ether oxygens (including phenoxy) is 5. The van der Waals surface area contributed by atoms with Crippen LogP contribution in [0.2, 0.25) is 0 Å². The Balaban J connectivity index is 1.93. The van der Waals surface area contributed by atoms with E-state index in [1.807, 2.05) is 0 Å². The number of carbonyl (C=O) groups excluding carboxylic acids is 1. The second kappa shape index (κ2) is 7.26. The van der Waals surface area contributed by atoms with Crippen molar-refractivity contribution in [1.29, 1.82) is 0 Å². The van der Waals surface area contributed by atoms with Crippen molar-refractivity contribution in [3.63, 3.8) is 0 Å². The van der Waals surface area contributed by atoms with Crippen molar-refractivity contribution in [2.45, 2.75) is 0 Å². The minimum absolute atomic E-state index is 0.0894. The van der Waals surface area contributed by atoms with E-state index < -0.39 is 0 Å². The van der Waals surface area contributed by atoms with Gasteiger partial charge in [-0.05, 0) is 36.4 Å². The molecule has 3 rings (SSSR count). The standard InChI is InChI=1S/C19H18O7/c1-22-15-7-5-11(8-14(15)21)13(20)6-4-12-9-16-18(26-10-25-16)19(24-3)17(12)23-2/h4-9,21H,10H2,1-3H3. The molecular weight excluding hydrogens is 340 g/mol. The molecule has 1 N–H and O–H groups in total. The number of phenolic OH excluding ortho intramolecular Hbond substituents is 1. The van der Waals surface area contributed by atoms with Gasteiger partial charge in [0, 0.05) is 11.1 Å². The molecule has 2 aromatic carbocycles. The molecule has 0 unspecified atom stereocenters. The van der Waals surface area contributed by atoms with Gasteiger partial charge in [0.1, 0.15) is 0 Å². The van der Waals surface area contributed by atoms with Crippen molar-refractivity contribution in [2.75, 3.05) is 28.1 Å². The molecule has 0 saturated heterocycles. The lowest BCUT2D eigenvalue weighted by molar-refractivity contribution is 0.104. The van der Waals surface area contributed by atoms with Gasteiger partial charge in [-0.15, -0.1) is 0 Å². The maximum atomic E-state index is 12.4. The van der Waals surface area contributed by atoms with Crippen molar-refractivity contribution < 1.29 is 33.6 Å². The van der Waals surface area contributed by atoms with Crippen LogP contribution in [0.5, 0.6) is 34.5 Å². The molecule has 1 heterocycles. The second-order valence-corrected chi connectivity index (χ2v) is 5.35. The van der Waals surface area contributed by atoms with Crippen LogP contribution in [0.15, 0.2) is 30.3 Å². The summed E-state index contributed by atoms with van der Waals surface area (Å²) in [5.41, 5.74) is 0.922. The van der Waals surface area contributed by atoms with Gasteiger partial charge in [0.2, 0.25) is 18.3 Å². The highest BCUT2D eigenvalue weighted by atomic mass is 16.7. The molecule has 1 aliphatic rings. The van der Waals surface area contributed by atoms with E-state index in [0.717, 1.165) is 0 Å². The first-order chi connectivity index (χ1) is 12.6. The number of hydrogen-bond donors (Lipinski definition) is 1. The smallest absolute Gasteiger partial charge is 0.231 e. The fourth-order valence-electron chi connectivity index (χ4n) is 2.64. The van der Waals surface area contributed by atoms with Crippen LogP contribution in [0.1, 0.15) is 15.9 Å². The SMILES string of the molecule is COc1ccc(C(=O)C=Cc2cc3c(c(OC)c2OC)OCO3)cc1O. The average Bonchev–Trinajstić information content (AvgIpc) is 3.12. The van der Waals surface area contributed by atoms with Gasteiger partial charge < -0.3 is 28.8 Å². The summed E-state index contributed by atoms with van der Waals surface area (Å²) in [6, 6.07) is 6.16. The van der Waals surface area contributed by atoms with Crippen LogP contribution in [-0.4, -0.2) is 39.0 Å². The van der Waals surface area contributed by atoms with Gasteiger partial charge in [-0.1, -0.05) is 0 Å².